The van der Waals surface area contributed by atoms with E-state index in [-0.39, 0.29) is 23.5 Å². The molecular weight excluding hydrogens is 416 g/mol. The lowest BCUT2D eigenvalue weighted by Gasteiger charge is -2.11. The second-order valence-corrected chi connectivity index (χ2v) is 8.87. The van der Waals surface area contributed by atoms with Crippen LogP contribution in [0.3, 0.4) is 0 Å². The van der Waals surface area contributed by atoms with Crippen molar-refractivity contribution >= 4 is 22.0 Å². The van der Waals surface area contributed by atoms with Gasteiger partial charge in [0.1, 0.15) is 4.90 Å². The van der Waals surface area contributed by atoms with Gasteiger partial charge in [-0.15, -0.1) is 9.78 Å². The van der Waals surface area contributed by atoms with Crippen LogP contribution in [0.4, 0.5) is 4.79 Å². The number of carbonyl (C=O) groups is 2. The van der Waals surface area contributed by atoms with Gasteiger partial charge in [-0.3, -0.25) is 0 Å². The lowest BCUT2D eigenvalue weighted by atomic mass is 10.1. The molecular formula is C18H20N4O7S. The molecule has 2 fully saturated rings. The van der Waals surface area contributed by atoms with Crippen molar-refractivity contribution in [3.05, 3.63) is 39.8 Å². The van der Waals surface area contributed by atoms with Gasteiger partial charge in [0.2, 0.25) is 0 Å². The molecule has 0 spiro atoms. The first kappa shape index (κ1) is 20.1. The Morgan fingerprint density at radius 3 is 2.43 bits per heavy atom. The number of benzene rings is 1. The van der Waals surface area contributed by atoms with E-state index in [9.17, 15) is 22.8 Å². The van der Waals surface area contributed by atoms with E-state index in [1.54, 1.807) is 6.07 Å². The Bertz CT molecular complexity index is 1190. The Morgan fingerprint density at radius 2 is 1.87 bits per heavy atom. The number of nitrogens with one attached hydrogen (secondary N) is 1. The van der Waals surface area contributed by atoms with Gasteiger partial charge >= 0.3 is 23.7 Å². The van der Waals surface area contributed by atoms with Crippen molar-refractivity contribution in [2.24, 2.45) is 0 Å². The van der Waals surface area contributed by atoms with Gasteiger partial charge in [0.25, 0.3) is 10.0 Å². The first-order valence-corrected chi connectivity index (χ1v) is 10.8. The number of esters is 1. The number of hydrogen-bond acceptors (Lipinski definition) is 8. The monoisotopic (exact) mass is 436 g/mol. The van der Waals surface area contributed by atoms with Crippen LogP contribution < -0.4 is 15.1 Å². The maximum absolute atomic E-state index is 13.0. The third-order valence-corrected chi connectivity index (χ3v) is 6.40. The molecule has 4 rings (SSSR count). The van der Waals surface area contributed by atoms with Crippen LogP contribution in [0.2, 0.25) is 0 Å². The van der Waals surface area contributed by atoms with Gasteiger partial charge in [0, 0.05) is 6.04 Å². The van der Waals surface area contributed by atoms with Crippen molar-refractivity contribution in [3.8, 4) is 6.01 Å². The highest BCUT2D eigenvalue weighted by atomic mass is 32.2. The van der Waals surface area contributed by atoms with Crippen LogP contribution >= 0.6 is 0 Å². The molecule has 2 aliphatic rings. The summed E-state index contributed by atoms with van der Waals surface area (Å²) < 4.78 is 39.0. The Labute approximate surface area is 171 Å². The summed E-state index contributed by atoms with van der Waals surface area (Å²) in [6.07, 6.45) is 3.30. The highest BCUT2D eigenvalue weighted by molar-refractivity contribution is 7.90. The van der Waals surface area contributed by atoms with E-state index in [0.717, 1.165) is 38.4 Å². The third-order valence-electron chi connectivity index (χ3n) is 5.04. The molecule has 1 aromatic heterocycles. The number of methoxy groups -OCH3 is 2. The quantitative estimate of drug-likeness (QED) is 0.662. The number of rotatable bonds is 6. The minimum Gasteiger partial charge on any atom is -0.467 e. The summed E-state index contributed by atoms with van der Waals surface area (Å²) in [7, 11) is -2.08. The summed E-state index contributed by atoms with van der Waals surface area (Å²) in [5, 5.41) is 3.77. The second kappa shape index (κ2) is 7.27. The van der Waals surface area contributed by atoms with E-state index >= 15 is 0 Å². The topological polar surface area (TPSA) is 139 Å². The van der Waals surface area contributed by atoms with Crippen molar-refractivity contribution in [1.82, 2.24) is 19.1 Å². The van der Waals surface area contributed by atoms with Crippen molar-refractivity contribution in [3.63, 3.8) is 0 Å². The van der Waals surface area contributed by atoms with Crippen LogP contribution in [-0.2, 0) is 14.8 Å². The molecule has 11 nitrogen and oxygen atoms in total. The van der Waals surface area contributed by atoms with Crippen LogP contribution in [0.1, 0.15) is 53.6 Å². The molecule has 0 saturated heterocycles. The minimum absolute atomic E-state index is 0.0824. The zero-order valence-electron chi connectivity index (χ0n) is 16.3. The molecule has 0 atom stereocenters. The number of nitrogens with zero attached hydrogens (tertiary/aromatic N) is 3. The summed E-state index contributed by atoms with van der Waals surface area (Å²) in [6, 6.07) is 2.89. The van der Waals surface area contributed by atoms with Gasteiger partial charge in [-0.05, 0) is 49.3 Å². The predicted octanol–water partition coefficient (Wildman–Crippen LogP) is 0.999. The number of hydrogen-bond donors (Lipinski definition) is 1. The van der Waals surface area contributed by atoms with Crippen LogP contribution in [-0.4, -0.2) is 49.0 Å². The van der Waals surface area contributed by atoms with E-state index in [0.29, 0.717) is 4.68 Å². The number of ether oxygens (including phenoxy) is 2. The second-order valence-electron chi connectivity index (χ2n) is 7.21. The highest BCUT2D eigenvalue weighted by Crippen LogP contribution is 2.41. The zero-order chi connectivity index (χ0) is 21.6. The largest absolute Gasteiger partial charge is 0.467 e. The summed E-state index contributed by atoms with van der Waals surface area (Å²) in [5.41, 5.74) is -0.273. The van der Waals surface area contributed by atoms with Crippen molar-refractivity contribution in [1.29, 1.82) is 0 Å². The molecule has 12 heteroatoms. The number of aromatic nitrogens is 3. The van der Waals surface area contributed by atoms with Crippen LogP contribution in [0.25, 0.3) is 0 Å². The lowest BCUT2D eigenvalue weighted by Crippen LogP contribution is -2.41. The van der Waals surface area contributed by atoms with Gasteiger partial charge < -0.3 is 9.47 Å². The Kier molecular flexibility index (Phi) is 4.88. The fraction of sp³-hybridized carbons (Fsp3) is 0.444. The smallest absolute Gasteiger partial charge is 0.360 e. The van der Waals surface area contributed by atoms with Crippen LogP contribution in [0.5, 0.6) is 6.01 Å². The average molecular weight is 436 g/mol. The molecule has 1 amide bonds. The maximum Gasteiger partial charge on any atom is 0.360 e. The van der Waals surface area contributed by atoms with Crippen molar-refractivity contribution in [2.75, 3.05) is 14.2 Å². The van der Waals surface area contributed by atoms with Gasteiger partial charge in [-0.2, -0.15) is 0 Å². The molecule has 2 saturated carbocycles. The van der Waals surface area contributed by atoms with Crippen molar-refractivity contribution < 1.29 is 27.5 Å². The Balaban J connectivity index is 1.70. The number of amides is 1. The summed E-state index contributed by atoms with van der Waals surface area (Å²) in [6.45, 7) is 0. The molecule has 2 aromatic rings. The molecule has 160 valence electrons. The van der Waals surface area contributed by atoms with Crippen LogP contribution in [0.15, 0.2) is 27.9 Å². The molecule has 1 heterocycles. The molecule has 0 bridgehead atoms. The molecule has 1 aromatic carbocycles. The van der Waals surface area contributed by atoms with Gasteiger partial charge in [0.15, 0.2) is 0 Å². The van der Waals surface area contributed by atoms with E-state index in [2.05, 4.69) is 9.84 Å². The van der Waals surface area contributed by atoms with E-state index in [4.69, 9.17) is 4.74 Å². The molecule has 30 heavy (non-hydrogen) atoms. The molecule has 0 unspecified atom stereocenters. The first-order valence-electron chi connectivity index (χ1n) is 9.31. The maximum atomic E-state index is 13.0. The predicted molar refractivity (Wildman–Crippen MR) is 102 cm³/mol. The van der Waals surface area contributed by atoms with E-state index < -0.39 is 32.6 Å². The fourth-order valence-corrected chi connectivity index (χ4v) is 4.36. The Morgan fingerprint density at radius 1 is 1.17 bits per heavy atom. The SMILES string of the molecule is COC(=O)c1ccc(C2CC2)cc1S(=O)(=O)NC(=O)n1nc(OC)n(C2CC2)c1=O. The van der Waals surface area contributed by atoms with E-state index in [1.165, 1.54) is 23.8 Å². The molecule has 2 aliphatic carbocycles. The minimum atomic E-state index is -4.50. The number of sulfonamides is 1. The molecule has 1 N–H and O–H groups in total. The first-order chi connectivity index (χ1) is 14.3. The zero-order valence-corrected chi connectivity index (χ0v) is 17.1. The van der Waals surface area contributed by atoms with Gasteiger partial charge in [-0.1, -0.05) is 6.07 Å². The fourth-order valence-electron chi connectivity index (χ4n) is 3.20. The third kappa shape index (κ3) is 3.58. The Hall–Kier alpha value is -3.15. The highest BCUT2D eigenvalue weighted by Gasteiger charge is 2.34. The molecule has 0 aliphatic heterocycles. The summed E-state index contributed by atoms with van der Waals surface area (Å²) >= 11 is 0. The lowest BCUT2D eigenvalue weighted by molar-refractivity contribution is 0.0596. The van der Waals surface area contributed by atoms with Crippen molar-refractivity contribution in [2.45, 2.75) is 42.5 Å². The van der Waals surface area contributed by atoms with Gasteiger partial charge in [0.05, 0.1) is 19.8 Å². The molecule has 0 radical (unpaired) electrons. The van der Waals surface area contributed by atoms with E-state index in [1.807, 2.05) is 4.72 Å². The number of carbonyl (C=O) groups excluding carboxylic acids is 2. The normalized spacial score (nSPS) is 16.2. The van der Waals surface area contributed by atoms with Gasteiger partial charge in [-0.25, -0.2) is 32.1 Å². The summed E-state index contributed by atoms with van der Waals surface area (Å²) in [5.74, 6) is -0.649. The summed E-state index contributed by atoms with van der Waals surface area (Å²) in [4.78, 5) is 36.8. The average Bonchev–Trinajstić information content (AvgIpc) is 3.64. The standard InChI is InChI=1S/C18H20N4O7S/c1-28-15(23)13-8-5-11(10-3-4-10)9-14(13)30(26,27)20-16(24)22-18(25)21(12-6-7-12)17(19-22)29-2/h5,8-10,12H,3-4,6-7H2,1-2H3,(H,20,24). The van der Waals surface area contributed by atoms with Crippen LogP contribution in [0, 0.1) is 0 Å².